The molecule has 11 nitrogen and oxygen atoms in total. The number of amides is 2. The number of hydrazine groups is 1. The van der Waals surface area contributed by atoms with Crippen LogP contribution in [0.3, 0.4) is 0 Å². The van der Waals surface area contributed by atoms with Gasteiger partial charge in [0, 0.05) is 22.5 Å². The van der Waals surface area contributed by atoms with E-state index in [1.54, 1.807) is 0 Å². The van der Waals surface area contributed by atoms with Gasteiger partial charge in [-0.15, -0.1) is 5.10 Å². The first-order valence-electron chi connectivity index (χ1n) is 9.69. The van der Waals surface area contributed by atoms with E-state index in [2.05, 4.69) is 25.9 Å². The number of carbonyl (C=O) groups is 2. The van der Waals surface area contributed by atoms with Gasteiger partial charge in [-0.3, -0.25) is 20.4 Å². The molecule has 0 radical (unpaired) electrons. The maximum absolute atomic E-state index is 12.9. The van der Waals surface area contributed by atoms with Crippen molar-refractivity contribution in [2.45, 2.75) is 26.4 Å². The lowest BCUT2D eigenvalue weighted by molar-refractivity contribution is -0.144. The lowest BCUT2D eigenvalue weighted by Gasteiger charge is -2.14. The molecule has 182 valence electrons. The van der Waals surface area contributed by atoms with Gasteiger partial charge in [0.25, 0.3) is 17.5 Å². The number of alkyl halides is 3. The zero-order chi connectivity index (χ0) is 25.2. The third kappa shape index (κ3) is 4.79. The molecule has 0 bridgehead atoms. The van der Waals surface area contributed by atoms with Crippen molar-refractivity contribution < 1.29 is 37.0 Å². The van der Waals surface area contributed by atoms with Crippen molar-refractivity contribution in [3.05, 3.63) is 40.5 Å². The van der Waals surface area contributed by atoms with Crippen LogP contribution in [0.25, 0.3) is 5.78 Å². The average Bonchev–Trinajstić information content (AvgIpc) is 3.23. The molecule has 2 heterocycles. The number of hydrogen-bond acceptors (Lipinski definition) is 8. The fourth-order valence-corrected chi connectivity index (χ4v) is 3.20. The van der Waals surface area contributed by atoms with Crippen LogP contribution in [0.1, 0.15) is 33.1 Å². The summed E-state index contributed by atoms with van der Waals surface area (Å²) in [4.78, 5) is 32.4. The number of benzene rings is 1. The fourth-order valence-electron chi connectivity index (χ4n) is 3.20. The molecule has 1 aromatic carbocycles. The van der Waals surface area contributed by atoms with Gasteiger partial charge in [0.05, 0.1) is 27.8 Å². The van der Waals surface area contributed by atoms with Crippen LogP contribution < -0.4 is 25.1 Å². The van der Waals surface area contributed by atoms with E-state index in [9.17, 15) is 22.8 Å². The van der Waals surface area contributed by atoms with E-state index in [-0.39, 0.29) is 35.0 Å². The highest BCUT2D eigenvalue weighted by Gasteiger charge is 2.37. The highest BCUT2D eigenvalue weighted by atomic mass is 19.4. The summed E-state index contributed by atoms with van der Waals surface area (Å²) in [5, 5.41) is 3.44. The molecule has 34 heavy (non-hydrogen) atoms. The molecule has 0 unspecified atom stereocenters. The van der Waals surface area contributed by atoms with E-state index < -0.39 is 23.8 Å². The predicted octanol–water partition coefficient (Wildman–Crippen LogP) is 1.79. The molecule has 2 aromatic heterocycles. The van der Waals surface area contributed by atoms with Crippen LogP contribution in [0.15, 0.2) is 12.1 Å². The number of fused-ring (bicyclic) bond motifs is 1. The zero-order valence-corrected chi connectivity index (χ0v) is 18.8. The summed E-state index contributed by atoms with van der Waals surface area (Å²) >= 11 is 0. The Morgan fingerprint density at radius 3 is 2.15 bits per heavy atom. The van der Waals surface area contributed by atoms with Crippen LogP contribution in [0.5, 0.6) is 17.2 Å². The van der Waals surface area contributed by atoms with Crippen LogP contribution in [0.4, 0.5) is 13.2 Å². The monoisotopic (exact) mass is 482 g/mol. The third-order valence-electron chi connectivity index (χ3n) is 4.88. The lowest BCUT2D eigenvalue weighted by Crippen LogP contribution is -2.42. The normalized spacial score (nSPS) is 11.3. The maximum Gasteiger partial charge on any atom is 0.453 e. The molecule has 3 rings (SSSR count). The predicted molar refractivity (Wildman–Crippen MR) is 111 cm³/mol. The molecule has 0 aliphatic heterocycles. The van der Waals surface area contributed by atoms with Gasteiger partial charge in [0.2, 0.25) is 11.7 Å². The average molecular weight is 482 g/mol. The van der Waals surface area contributed by atoms with E-state index in [0.29, 0.717) is 17.0 Å². The molecular formula is C20H21F3N6O5. The van der Waals surface area contributed by atoms with Crippen molar-refractivity contribution in [3.63, 3.8) is 0 Å². The van der Waals surface area contributed by atoms with Gasteiger partial charge >= 0.3 is 6.18 Å². The molecule has 3 aromatic rings. The van der Waals surface area contributed by atoms with E-state index in [4.69, 9.17) is 14.2 Å². The van der Waals surface area contributed by atoms with Crippen molar-refractivity contribution in [2.75, 3.05) is 21.3 Å². The Morgan fingerprint density at radius 2 is 1.62 bits per heavy atom. The van der Waals surface area contributed by atoms with E-state index in [0.717, 1.165) is 4.52 Å². The van der Waals surface area contributed by atoms with Gasteiger partial charge in [-0.2, -0.15) is 18.2 Å². The molecule has 0 aliphatic carbocycles. The van der Waals surface area contributed by atoms with Crippen LogP contribution in [-0.2, 0) is 17.4 Å². The molecule has 2 amide bonds. The second-order valence-corrected chi connectivity index (χ2v) is 7.00. The molecule has 0 atom stereocenters. The number of nitrogens with zero attached hydrogens (tertiary/aromatic N) is 4. The van der Waals surface area contributed by atoms with Gasteiger partial charge < -0.3 is 14.2 Å². The Morgan fingerprint density at radius 1 is 1.00 bits per heavy atom. The zero-order valence-electron chi connectivity index (χ0n) is 18.8. The summed E-state index contributed by atoms with van der Waals surface area (Å²) in [6, 6.07) is 2.80. The minimum Gasteiger partial charge on any atom is -0.493 e. The second kappa shape index (κ2) is 9.41. The number of aromatic nitrogens is 4. The molecule has 0 fully saturated rings. The second-order valence-electron chi connectivity index (χ2n) is 7.00. The Balaban J connectivity index is 1.76. The molecule has 0 saturated carbocycles. The highest BCUT2D eigenvalue weighted by molar-refractivity contribution is 5.96. The highest BCUT2D eigenvalue weighted by Crippen LogP contribution is 2.38. The first kappa shape index (κ1) is 24.5. The van der Waals surface area contributed by atoms with Gasteiger partial charge in [-0.1, -0.05) is 0 Å². The van der Waals surface area contributed by atoms with Crippen LogP contribution in [0.2, 0.25) is 0 Å². The van der Waals surface area contributed by atoms with Crippen molar-refractivity contribution in [1.29, 1.82) is 0 Å². The first-order valence-corrected chi connectivity index (χ1v) is 9.69. The molecule has 14 heteroatoms. The topological polar surface area (TPSA) is 129 Å². The maximum atomic E-state index is 12.9. The number of methoxy groups -OCH3 is 3. The summed E-state index contributed by atoms with van der Waals surface area (Å²) in [5.41, 5.74) is 5.55. The number of ether oxygens (including phenoxy) is 3. The molecule has 0 saturated heterocycles. The first-order chi connectivity index (χ1) is 16.0. The minimum atomic E-state index is -4.73. The van der Waals surface area contributed by atoms with Crippen LogP contribution in [-0.4, -0.2) is 52.7 Å². The van der Waals surface area contributed by atoms with Gasteiger partial charge in [0.15, 0.2) is 11.5 Å². The summed E-state index contributed by atoms with van der Waals surface area (Å²) in [5.74, 6) is -2.08. The van der Waals surface area contributed by atoms with Crippen LogP contribution in [0, 0.1) is 13.8 Å². The van der Waals surface area contributed by atoms with Gasteiger partial charge in [0.1, 0.15) is 0 Å². The van der Waals surface area contributed by atoms with E-state index in [1.165, 1.54) is 47.3 Å². The smallest absolute Gasteiger partial charge is 0.453 e. The quantitative estimate of drug-likeness (QED) is 0.509. The number of hydrogen-bond donors (Lipinski definition) is 2. The summed E-state index contributed by atoms with van der Waals surface area (Å²) in [6.45, 7) is 3.03. The standard InChI is InChI=1S/C20H21F3N6O5/c1-9-12(10(2)29-19(24-9)25-18(28-29)20(21,22)23)8-15(30)26-27-17(31)11-6-13(32-3)16(34-5)14(7-11)33-4/h6-7H,8H2,1-5H3,(H,26,30)(H,27,31). The number of aryl methyl sites for hydroxylation is 2. The summed E-state index contributed by atoms with van der Waals surface area (Å²) in [6.07, 6.45) is -5.01. The van der Waals surface area contributed by atoms with Crippen molar-refractivity contribution >= 4 is 17.6 Å². The Hall–Kier alpha value is -4.10. The minimum absolute atomic E-state index is 0.118. The fraction of sp³-hybridized carbons (Fsp3) is 0.350. The van der Waals surface area contributed by atoms with E-state index in [1.807, 2.05) is 0 Å². The molecule has 0 spiro atoms. The van der Waals surface area contributed by atoms with Crippen molar-refractivity contribution in [3.8, 4) is 17.2 Å². The van der Waals surface area contributed by atoms with Gasteiger partial charge in [-0.05, 0) is 26.0 Å². The Bertz CT molecular complexity index is 1230. The summed E-state index contributed by atoms with van der Waals surface area (Å²) < 4.78 is 55.3. The largest absolute Gasteiger partial charge is 0.493 e. The van der Waals surface area contributed by atoms with E-state index >= 15 is 0 Å². The number of nitrogens with one attached hydrogen (secondary N) is 2. The number of carbonyl (C=O) groups excluding carboxylic acids is 2. The van der Waals surface area contributed by atoms with Gasteiger partial charge in [-0.25, -0.2) is 9.50 Å². The third-order valence-corrected chi connectivity index (χ3v) is 4.88. The molecular weight excluding hydrogens is 461 g/mol. The number of halogens is 3. The number of rotatable bonds is 6. The van der Waals surface area contributed by atoms with Crippen LogP contribution >= 0.6 is 0 Å². The Labute approximate surface area is 191 Å². The van der Waals surface area contributed by atoms with Crippen molar-refractivity contribution in [1.82, 2.24) is 30.4 Å². The summed E-state index contributed by atoms with van der Waals surface area (Å²) in [7, 11) is 4.20. The SMILES string of the molecule is COc1cc(C(=O)NNC(=O)Cc2c(C)nc3nc(C(F)(F)F)nn3c2C)cc(OC)c1OC. The van der Waals surface area contributed by atoms with Crippen molar-refractivity contribution in [2.24, 2.45) is 0 Å². The Kier molecular flexibility index (Phi) is 6.79. The molecule has 0 aliphatic rings. The molecule has 2 N–H and O–H groups in total. The lowest BCUT2D eigenvalue weighted by atomic mass is 10.1.